The Labute approximate surface area is 100.0 Å². The highest BCUT2D eigenvalue weighted by atomic mass is 16.5. The first kappa shape index (κ1) is 11.3. The second kappa shape index (κ2) is 4.78. The molecule has 0 saturated heterocycles. The lowest BCUT2D eigenvalue weighted by Gasteiger charge is -2.16. The van der Waals surface area contributed by atoms with Crippen LogP contribution in [0.1, 0.15) is 18.5 Å². The topological polar surface area (TPSA) is 76.0 Å². The number of benzene rings is 1. The van der Waals surface area contributed by atoms with E-state index in [1.165, 1.54) is 0 Å². The van der Waals surface area contributed by atoms with Crippen molar-refractivity contribution in [2.75, 3.05) is 18.2 Å². The second-order valence-corrected chi connectivity index (χ2v) is 3.82. The maximum atomic E-state index is 5.98. The van der Waals surface area contributed by atoms with Gasteiger partial charge in [-0.1, -0.05) is 6.07 Å². The predicted octanol–water partition coefficient (Wildman–Crippen LogP) is 2.17. The second-order valence-electron chi connectivity index (χ2n) is 3.82. The molecule has 1 atom stereocenters. The van der Waals surface area contributed by atoms with E-state index in [2.05, 4.69) is 15.5 Å². The molecule has 0 spiro atoms. The summed E-state index contributed by atoms with van der Waals surface area (Å²) in [5.74, 6) is 0.675. The van der Waals surface area contributed by atoms with E-state index >= 15 is 0 Å². The number of rotatable bonds is 4. The number of nitrogens with two attached hydrogens (primary N) is 1. The van der Waals surface area contributed by atoms with Crippen LogP contribution in [0.3, 0.4) is 0 Å². The number of anilines is 2. The Morgan fingerprint density at radius 2 is 2.29 bits per heavy atom. The summed E-state index contributed by atoms with van der Waals surface area (Å²) in [6, 6.07) is 5.79. The lowest BCUT2D eigenvalue weighted by Crippen LogP contribution is -2.08. The van der Waals surface area contributed by atoms with Gasteiger partial charge < -0.3 is 15.8 Å². The summed E-state index contributed by atoms with van der Waals surface area (Å²) in [5, 5.41) is 10.0. The quantitative estimate of drug-likeness (QED) is 0.706. The van der Waals surface area contributed by atoms with Crippen LogP contribution in [0.5, 0.6) is 5.75 Å². The maximum absolute atomic E-state index is 5.98. The zero-order valence-corrected chi connectivity index (χ0v) is 9.90. The van der Waals surface area contributed by atoms with Gasteiger partial charge in [-0.2, -0.15) is 5.10 Å². The van der Waals surface area contributed by atoms with Gasteiger partial charge in [-0.25, -0.2) is 0 Å². The number of ether oxygens (including phenoxy) is 1. The zero-order chi connectivity index (χ0) is 12.3. The smallest absolute Gasteiger partial charge is 0.143 e. The number of hydrogen-bond acceptors (Lipinski definition) is 4. The van der Waals surface area contributed by atoms with Crippen LogP contribution in [-0.4, -0.2) is 17.3 Å². The normalized spacial score (nSPS) is 12.1. The average molecular weight is 232 g/mol. The van der Waals surface area contributed by atoms with Crippen LogP contribution in [0, 0.1) is 0 Å². The summed E-state index contributed by atoms with van der Waals surface area (Å²) in [7, 11) is 1.61. The molecule has 2 aromatic rings. The van der Waals surface area contributed by atoms with Crippen LogP contribution in [0.2, 0.25) is 0 Å². The minimum absolute atomic E-state index is 0.128. The zero-order valence-electron chi connectivity index (χ0n) is 9.90. The molecular weight excluding hydrogens is 216 g/mol. The van der Waals surface area contributed by atoms with Crippen molar-refractivity contribution in [1.82, 2.24) is 10.2 Å². The Morgan fingerprint density at radius 1 is 1.47 bits per heavy atom. The van der Waals surface area contributed by atoms with E-state index in [0.29, 0.717) is 11.4 Å². The molecule has 0 aliphatic rings. The molecule has 1 aromatic heterocycles. The highest BCUT2D eigenvalue weighted by molar-refractivity contribution is 5.73. The van der Waals surface area contributed by atoms with E-state index in [0.717, 1.165) is 11.3 Å². The molecule has 1 aromatic carbocycles. The van der Waals surface area contributed by atoms with Crippen LogP contribution in [-0.2, 0) is 0 Å². The first-order valence-electron chi connectivity index (χ1n) is 5.40. The Kier molecular flexibility index (Phi) is 3.18. The van der Waals surface area contributed by atoms with Gasteiger partial charge in [0.25, 0.3) is 0 Å². The van der Waals surface area contributed by atoms with Crippen molar-refractivity contribution < 1.29 is 4.74 Å². The van der Waals surface area contributed by atoms with Crippen molar-refractivity contribution in [2.24, 2.45) is 0 Å². The predicted molar refractivity (Wildman–Crippen MR) is 68.0 cm³/mol. The molecule has 0 bridgehead atoms. The molecular formula is C12H16N4O. The van der Waals surface area contributed by atoms with Gasteiger partial charge in [-0.15, -0.1) is 0 Å². The molecule has 1 unspecified atom stereocenters. The number of nitrogen functional groups attached to an aromatic ring is 1. The van der Waals surface area contributed by atoms with Crippen molar-refractivity contribution in [3.63, 3.8) is 0 Å². The number of aromatic amines is 1. The third-order valence-electron chi connectivity index (χ3n) is 2.68. The number of H-pyrrole nitrogens is 1. The first-order valence-corrected chi connectivity index (χ1v) is 5.40. The van der Waals surface area contributed by atoms with Crippen molar-refractivity contribution in [1.29, 1.82) is 0 Å². The van der Waals surface area contributed by atoms with E-state index in [1.54, 1.807) is 13.3 Å². The summed E-state index contributed by atoms with van der Waals surface area (Å²) in [6.07, 6.45) is 3.64. The molecule has 0 aliphatic carbocycles. The molecule has 2 rings (SSSR count). The Morgan fingerprint density at radius 3 is 2.94 bits per heavy atom. The van der Waals surface area contributed by atoms with Crippen LogP contribution in [0.25, 0.3) is 0 Å². The summed E-state index contributed by atoms with van der Waals surface area (Å²) < 4.78 is 5.17. The number of methoxy groups -OCH3 is 1. The molecule has 17 heavy (non-hydrogen) atoms. The molecule has 0 saturated carbocycles. The van der Waals surface area contributed by atoms with Crippen molar-refractivity contribution in [2.45, 2.75) is 13.0 Å². The summed E-state index contributed by atoms with van der Waals surface area (Å²) >= 11 is 0. The number of aromatic nitrogens is 2. The molecule has 5 nitrogen and oxygen atoms in total. The fourth-order valence-corrected chi connectivity index (χ4v) is 1.66. The van der Waals surface area contributed by atoms with Gasteiger partial charge >= 0.3 is 0 Å². The monoisotopic (exact) mass is 232 g/mol. The Balaban J connectivity index is 2.19. The third kappa shape index (κ3) is 2.33. The van der Waals surface area contributed by atoms with E-state index in [9.17, 15) is 0 Å². The van der Waals surface area contributed by atoms with Crippen molar-refractivity contribution in [3.05, 3.63) is 36.2 Å². The highest BCUT2D eigenvalue weighted by Gasteiger charge is 2.10. The molecule has 0 fully saturated rings. The van der Waals surface area contributed by atoms with Crippen LogP contribution < -0.4 is 15.8 Å². The van der Waals surface area contributed by atoms with Gasteiger partial charge in [0.15, 0.2) is 0 Å². The fraction of sp³-hybridized carbons (Fsp3) is 0.250. The fourth-order valence-electron chi connectivity index (χ4n) is 1.66. The van der Waals surface area contributed by atoms with Gasteiger partial charge in [-0.05, 0) is 19.1 Å². The molecule has 4 N–H and O–H groups in total. The molecule has 5 heteroatoms. The van der Waals surface area contributed by atoms with Gasteiger partial charge in [-0.3, -0.25) is 5.10 Å². The first-order chi connectivity index (χ1) is 8.22. The molecule has 0 amide bonds. The summed E-state index contributed by atoms with van der Waals surface area (Å²) in [6.45, 7) is 2.05. The third-order valence-corrected chi connectivity index (χ3v) is 2.68. The van der Waals surface area contributed by atoms with Gasteiger partial charge in [0.1, 0.15) is 5.75 Å². The molecule has 0 radical (unpaired) electrons. The number of para-hydroxylation sites is 1. The van der Waals surface area contributed by atoms with Gasteiger partial charge in [0, 0.05) is 11.8 Å². The number of nitrogens with one attached hydrogen (secondary N) is 2. The van der Waals surface area contributed by atoms with E-state index < -0.39 is 0 Å². The molecule has 1 heterocycles. The van der Waals surface area contributed by atoms with Gasteiger partial charge in [0.05, 0.1) is 30.7 Å². The Bertz CT molecular complexity index is 481. The number of hydrogen-bond donors (Lipinski definition) is 3. The van der Waals surface area contributed by atoms with E-state index in [-0.39, 0.29) is 6.04 Å². The van der Waals surface area contributed by atoms with Crippen molar-refractivity contribution in [3.8, 4) is 5.75 Å². The lowest BCUT2D eigenvalue weighted by molar-refractivity contribution is 0.417. The Hall–Kier alpha value is -2.17. The maximum Gasteiger partial charge on any atom is 0.143 e. The van der Waals surface area contributed by atoms with Crippen molar-refractivity contribution >= 4 is 11.4 Å². The molecule has 90 valence electrons. The lowest BCUT2D eigenvalue weighted by atomic mass is 10.1. The minimum Gasteiger partial charge on any atom is -0.495 e. The number of nitrogens with zero attached hydrogens (tertiary/aromatic N) is 1. The van der Waals surface area contributed by atoms with Gasteiger partial charge in [0.2, 0.25) is 0 Å². The van der Waals surface area contributed by atoms with E-state index in [1.807, 2.05) is 31.3 Å². The molecule has 0 aliphatic heterocycles. The average Bonchev–Trinajstić information content (AvgIpc) is 2.85. The summed E-state index contributed by atoms with van der Waals surface area (Å²) in [5.41, 5.74) is 8.54. The minimum atomic E-state index is 0.128. The van der Waals surface area contributed by atoms with E-state index in [4.69, 9.17) is 10.5 Å². The van der Waals surface area contributed by atoms with Crippen LogP contribution >= 0.6 is 0 Å². The standard InChI is InChI=1S/C12H16N4O/c1-8(9-6-14-15-7-9)16-10-4-3-5-11(17-2)12(10)13/h3-8,16H,13H2,1-2H3,(H,14,15). The van der Waals surface area contributed by atoms with Crippen LogP contribution in [0.15, 0.2) is 30.6 Å². The van der Waals surface area contributed by atoms with Crippen LogP contribution in [0.4, 0.5) is 11.4 Å². The SMILES string of the molecule is COc1cccc(NC(C)c2cn[nH]c2)c1N. The highest BCUT2D eigenvalue weighted by Crippen LogP contribution is 2.31. The largest absolute Gasteiger partial charge is 0.495 e. The summed E-state index contributed by atoms with van der Waals surface area (Å²) in [4.78, 5) is 0.